The first-order chi connectivity index (χ1) is 13.8. The zero-order valence-electron chi connectivity index (χ0n) is 15.9. The number of amides is 3. The van der Waals surface area contributed by atoms with Gasteiger partial charge in [0.1, 0.15) is 17.1 Å². The van der Waals surface area contributed by atoms with E-state index in [-0.39, 0.29) is 18.4 Å². The smallest absolute Gasteiger partial charge is 0.348 e. The Morgan fingerprint density at radius 1 is 1.21 bits per heavy atom. The van der Waals surface area contributed by atoms with Crippen molar-refractivity contribution in [2.75, 3.05) is 23.9 Å². The number of nitrogens with one attached hydrogen (secondary N) is 1. The van der Waals surface area contributed by atoms with Crippen molar-refractivity contribution in [2.24, 2.45) is 0 Å². The second-order valence-electron chi connectivity index (χ2n) is 7.06. The van der Waals surface area contributed by atoms with E-state index in [1.54, 1.807) is 48.2 Å². The van der Waals surface area contributed by atoms with Gasteiger partial charge in [0, 0.05) is 6.42 Å². The Balaban J connectivity index is 1.59. The molecule has 2 aliphatic heterocycles. The van der Waals surface area contributed by atoms with Crippen LogP contribution in [0.4, 0.5) is 10.7 Å². The lowest BCUT2D eigenvalue weighted by molar-refractivity contribution is -0.120. The summed E-state index contributed by atoms with van der Waals surface area (Å²) >= 11 is 1.09. The molecular formula is C20H19N3O5S. The summed E-state index contributed by atoms with van der Waals surface area (Å²) in [5.41, 5.74) is 0.0872. The van der Waals surface area contributed by atoms with Crippen molar-refractivity contribution in [3.63, 3.8) is 0 Å². The van der Waals surface area contributed by atoms with Crippen molar-refractivity contribution < 1.29 is 23.9 Å². The predicted molar refractivity (Wildman–Crippen MR) is 107 cm³/mol. The number of rotatable bonds is 4. The molecule has 2 aliphatic rings. The molecule has 0 radical (unpaired) electrons. The number of anilines is 2. The first-order valence-corrected chi connectivity index (χ1v) is 9.89. The molecule has 1 aromatic carbocycles. The van der Waals surface area contributed by atoms with E-state index in [2.05, 4.69) is 10.1 Å². The largest absolute Gasteiger partial charge is 0.465 e. The fraction of sp³-hybridized carbons (Fsp3) is 0.300. The van der Waals surface area contributed by atoms with Gasteiger partial charge < -0.3 is 15.0 Å². The van der Waals surface area contributed by atoms with Crippen LogP contribution in [0.5, 0.6) is 0 Å². The maximum absolute atomic E-state index is 13.1. The number of fused-ring (bicyclic) bond motifs is 3. The van der Waals surface area contributed by atoms with E-state index in [0.29, 0.717) is 34.0 Å². The number of hydrogen-bond acceptors (Lipinski definition) is 6. The van der Waals surface area contributed by atoms with E-state index in [1.165, 1.54) is 12.0 Å². The first-order valence-electron chi connectivity index (χ1n) is 9.07. The average Bonchev–Trinajstić information content (AvgIpc) is 3.29. The summed E-state index contributed by atoms with van der Waals surface area (Å²) < 4.78 is 4.66. The molecule has 3 amide bonds. The fourth-order valence-electron chi connectivity index (χ4n) is 3.88. The van der Waals surface area contributed by atoms with E-state index in [9.17, 15) is 19.2 Å². The van der Waals surface area contributed by atoms with Crippen LogP contribution in [-0.4, -0.2) is 47.9 Å². The maximum Gasteiger partial charge on any atom is 0.348 e. The monoisotopic (exact) mass is 413 g/mol. The first kappa shape index (κ1) is 19.1. The summed E-state index contributed by atoms with van der Waals surface area (Å²) in [6.07, 6.45) is 0.758. The molecule has 1 N–H and O–H groups in total. The highest BCUT2D eigenvalue weighted by Gasteiger charge is 2.53. The fourth-order valence-corrected chi connectivity index (χ4v) is 4.72. The Morgan fingerprint density at radius 3 is 2.72 bits per heavy atom. The molecule has 1 saturated heterocycles. The van der Waals surface area contributed by atoms with Crippen LogP contribution in [0.3, 0.4) is 0 Å². The van der Waals surface area contributed by atoms with Crippen molar-refractivity contribution >= 4 is 45.7 Å². The van der Waals surface area contributed by atoms with Crippen molar-refractivity contribution in [3.05, 3.63) is 46.8 Å². The zero-order chi connectivity index (χ0) is 20.8. The van der Waals surface area contributed by atoms with Crippen LogP contribution in [0.15, 0.2) is 36.4 Å². The van der Waals surface area contributed by atoms with Crippen LogP contribution >= 0.6 is 11.3 Å². The number of hydrogen-bond donors (Lipinski definition) is 1. The Kier molecular flexibility index (Phi) is 4.62. The van der Waals surface area contributed by atoms with Gasteiger partial charge in [-0.2, -0.15) is 0 Å². The molecule has 0 unspecified atom stereocenters. The number of methoxy groups -OCH3 is 1. The molecule has 0 spiro atoms. The van der Waals surface area contributed by atoms with Crippen molar-refractivity contribution in [2.45, 2.75) is 25.4 Å². The third-order valence-corrected chi connectivity index (χ3v) is 6.28. The Hall–Kier alpha value is -3.20. The summed E-state index contributed by atoms with van der Waals surface area (Å²) in [5.74, 6) is -1.24. The van der Waals surface area contributed by atoms with Crippen LogP contribution in [0.1, 0.15) is 39.8 Å². The second-order valence-corrected chi connectivity index (χ2v) is 8.14. The highest BCUT2D eigenvalue weighted by Crippen LogP contribution is 2.43. The number of esters is 1. The average molecular weight is 413 g/mol. The van der Waals surface area contributed by atoms with Gasteiger partial charge in [-0.1, -0.05) is 12.1 Å². The minimum Gasteiger partial charge on any atom is -0.465 e. The van der Waals surface area contributed by atoms with Crippen molar-refractivity contribution in [3.8, 4) is 0 Å². The van der Waals surface area contributed by atoms with Gasteiger partial charge in [-0.25, -0.2) is 4.79 Å². The SMILES string of the molecule is COC(=O)c1ccc(NC(=O)CN2C(=O)c3ccccc3N3C(=O)CC[C@@]23C)s1. The number of carbonyl (C=O) groups excluding carboxylic acids is 4. The topological polar surface area (TPSA) is 96.0 Å². The zero-order valence-corrected chi connectivity index (χ0v) is 16.7. The minimum atomic E-state index is -0.896. The van der Waals surface area contributed by atoms with E-state index < -0.39 is 17.5 Å². The Morgan fingerprint density at radius 2 is 1.97 bits per heavy atom. The number of nitrogens with zero attached hydrogens (tertiary/aromatic N) is 2. The minimum absolute atomic E-state index is 0.0705. The Bertz CT molecular complexity index is 1030. The van der Waals surface area contributed by atoms with Crippen molar-refractivity contribution in [1.82, 2.24) is 4.90 Å². The van der Waals surface area contributed by atoms with Crippen LogP contribution in [0, 0.1) is 0 Å². The molecule has 0 saturated carbocycles. The van der Waals surface area contributed by atoms with Gasteiger partial charge in [-0.15, -0.1) is 11.3 Å². The lowest BCUT2D eigenvalue weighted by Gasteiger charge is -2.48. The molecule has 0 aliphatic carbocycles. The molecule has 0 bridgehead atoms. The summed E-state index contributed by atoms with van der Waals surface area (Å²) in [7, 11) is 1.29. The lowest BCUT2D eigenvalue weighted by Crippen LogP contribution is -2.63. The van der Waals surface area contributed by atoms with Gasteiger partial charge in [0.15, 0.2) is 0 Å². The molecule has 1 fully saturated rings. The molecule has 1 atom stereocenters. The maximum atomic E-state index is 13.1. The number of para-hydroxylation sites is 1. The molecule has 9 heteroatoms. The number of benzene rings is 1. The standard InChI is InChI=1S/C20H19N3O5S/c1-20-10-9-17(25)23(20)13-6-4-3-5-12(13)18(26)22(20)11-15(24)21-16-8-7-14(29-16)19(27)28-2/h3-8H,9-11H2,1-2H3,(H,21,24)/t20-/m0/s1. The van der Waals surface area contributed by atoms with Crippen LogP contribution in [-0.2, 0) is 14.3 Å². The summed E-state index contributed by atoms with van der Waals surface area (Å²) in [5, 5.41) is 3.19. The molecule has 3 heterocycles. The number of thiophene rings is 1. The van der Waals surface area contributed by atoms with Gasteiger partial charge >= 0.3 is 5.97 Å². The predicted octanol–water partition coefficient (Wildman–Crippen LogP) is 2.47. The molecule has 8 nitrogen and oxygen atoms in total. The van der Waals surface area contributed by atoms with Gasteiger partial charge in [0.25, 0.3) is 5.91 Å². The van der Waals surface area contributed by atoms with E-state index in [4.69, 9.17) is 0 Å². The number of ether oxygens (including phenoxy) is 1. The third-order valence-electron chi connectivity index (χ3n) is 5.30. The Labute approximate surface area is 171 Å². The quantitative estimate of drug-likeness (QED) is 0.777. The summed E-state index contributed by atoms with van der Waals surface area (Å²) in [6.45, 7) is 1.60. The number of carbonyl (C=O) groups is 4. The normalized spacial score (nSPS) is 20.3. The van der Waals surface area contributed by atoms with Crippen LogP contribution in [0.2, 0.25) is 0 Å². The molecule has 29 heavy (non-hydrogen) atoms. The van der Waals surface area contributed by atoms with E-state index in [1.807, 2.05) is 0 Å². The highest BCUT2D eigenvalue weighted by atomic mass is 32.1. The van der Waals surface area contributed by atoms with E-state index >= 15 is 0 Å². The van der Waals surface area contributed by atoms with Gasteiger partial charge in [-0.3, -0.25) is 19.3 Å². The molecule has 150 valence electrons. The second kappa shape index (κ2) is 7.00. The third kappa shape index (κ3) is 3.07. The van der Waals surface area contributed by atoms with Gasteiger partial charge in [0.05, 0.1) is 23.4 Å². The molecule has 1 aromatic heterocycles. The summed E-state index contributed by atoms with van der Waals surface area (Å²) in [4.78, 5) is 53.4. The summed E-state index contributed by atoms with van der Waals surface area (Å²) in [6, 6.07) is 10.1. The molecule has 4 rings (SSSR count). The van der Waals surface area contributed by atoms with E-state index in [0.717, 1.165) is 11.3 Å². The van der Waals surface area contributed by atoms with Crippen molar-refractivity contribution in [1.29, 1.82) is 0 Å². The van der Waals surface area contributed by atoms with Gasteiger partial charge in [-0.05, 0) is 37.6 Å². The van der Waals surface area contributed by atoms with Crippen LogP contribution < -0.4 is 10.2 Å². The lowest BCUT2D eigenvalue weighted by atomic mass is 9.98. The molecule has 2 aromatic rings. The molecular weight excluding hydrogens is 394 g/mol. The van der Waals surface area contributed by atoms with Gasteiger partial charge in [0.2, 0.25) is 11.8 Å². The van der Waals surface area contributed by atoms with Crippen LogP contribution in [0.25, 0.3) is 0 Å². The highest BCUT2D eigenvalue weighted by molar-refractivity contribution is 7.18.